The van der Waals surface area contributed by atoms with Crippen molar-refractivity contribution in [3.05, 3.63) is 23.5 Å². The fraction of sp³-hybridized carbons (Fsp3) is 0.562. The van der Waals surface area contributed by atoms with Crippen molar-refractivity contribution in [2.24, 2.45) is 11.8 Å². The molecule has 1 unspecified atom stereocenters. The fourth-order valence-corrected chi connectivity index (χ4v) is 2.42. The third kappa shape index (κ3) is 2.88. The number of rotatable bonds is 4. The molecule has 1 atom stereocenters. The quantitative estimate of drug-likeness (QED) is 0.856. The van der Waals surface area contributed by atoms with Gasteiger partial charge < -0.3 is 14.2 Å². The summed E-state index contributed by atoms with van der Waals surface area (Å²) in [6.07, 6.45) is 0.132. The van der Waals surface area contributed by atoms with E-state index in [9.17, 15) is 9.18 Å². The largest absolute Gasteiger partial charge is 0.490 e. The van der Waals surface area contributed by atoms with Crippen LogP contribution in [0.3, 0.4) is 0 Å². The second-order valence-corrected chi connectivity index (χ2v) is 6.02. The minimum atomic E-state index is -0.520. The molecule has 0 saturated carbocycles. The van der Waals surface area contributed by atoms with Gasteiger partial charge in [0.15, 0.2) is 17.3 Å². The molecule has 0 aromatic heterocycles. The van der Waals surface area contributed by atoms with Crippen molar-refractivity contribution >= 4 is 5.78 Å². The number of halogens is 1. The van der Waals surface area contributed by atoms with Crippen molar-refractivity contribution in [2.75, 3.05) is 19.8 Å². The maximum Gasteiger partial charge on any atom is 0.170 e. The van der Waals surface area contributed by atoms with E-state index in [1.165, 1.54) is 12.1 Å². The number of carbonyl (C=O) groups is 1. The number of carbonyl (C=O) groups excluding carboxylic acids is 1. The van der Waals surface area contributed by atoms with Gasteiger partial charge in [0.1, 0.15) is 11.9 Å². The van der Waals surface area contributed by atoms with Gasteiger partial charge in [-0.3, -0.25) is 4.79 Å². The highest BCUT2D eigenvalue weighted by molar-refractivity contribution is 6.00. The Balaban J connectivity index is 1.80. The van der Waals surface area contributed by atoms with Gasteiger partial charge in [-0.25, -0.2) is 4.39 Å². The zero-order valence-electron chi connectivity index (χ0n) is 12.2. The molecule has 0 aliphatic carbocycles. The standard InChI is InChI=1S/C16H19FO4/c1-9(2)14-4-13(18)11-3-12(17)16(5-15(11)21-14)20-8-10-6-19-7-10/h3,5,9-10,14H,4,6-8H2,1-2H3. The molecule has 2 aliphatic heterocycles. The van der Waals surface area contributed by atoms with Crippen LogP contribution in [0.5, 0.6) is 11.5 Å². The highest BCUT2D eigenvalue weighted by atomic mass is 19.1. The first-order valence-electron chi connectivity index (χ1n) is 7.28. The molecule has 1 fully saturated rings. The van der Waals surface area contributed by atoms with Crippen LogP contribution >= 0.6 is 0 Å². The lowest BCUT2D eigenvalue weighted by Gasteiger charge is -2.29. The van der Waals surface area contributed by atoms with Crippen molar-refractivity contribution in [1.29, 1.82) is 0 Å². The molecule has 1 aromatic rings. The number of hydrogen-bond acceptors (Lipinski definition) is 4. The normalized spacial score (nSPS) is 21.7. The number of fused-ring (bicyclic) bond motifs is 1. The second kappa shape index (κ2) is 5.64. The van der Waals surface area contributed by atoms with E-state index < -0.39 is 5.82 Å². The highest BCUT2D eigenvalue weighted by Crippen LogP contribution is 2.35. The first-order chi connectivity index (χ1) is 10.0. The summed E-state index contributed by atoms with van der Waals surface area (Å²) in [6, 6.07) is 2.72. The van der Waals surface area contributed by atoms with E-state index in [0.717, 1.165) is 0 Å². The van der Waals surface area contributed by atoms with Crippen LogP contribution in [0.1, 0.15) is 30.6 Å². The zero-order chi connectivity index (χ0) is 15.0. The Bertz CT molecular complexity index is 551. The van der Waals surface area contributed by atoms with Crippen molar-refractivity contribution < 1.29 is 23.4 Å². The minimum absolute atomic E-state index is 0.0761. The van der Waals surface area contributed by atoms with Crippen molar-refractivity contribution in [3.63, 3.8) is 0 Å². The third-order valence-electron chi connectivity index (χ3n) is 3.92. The summed E-state index contributed by atoms with van der Waals surface area (Å²) in [5, 5.41) is 0. The van der Waals surface area contributed by atoms with E-state index in [-0.39, 0.29) is 23.6 Å². The Morgan fingerprint density at radius 1 is 1.38 bits per heavy atom. The van der Waals surface area contributed by atoms with Crippen LogP contribution in [-0.2, 0) is 4.74 Å². The average Bonchev–Trinajstić information content (AvgIpc) is 2.38. The zero-order valence-corrected chi connectivity index (χ0v) is 12.2. The molecule has 21 heavy (non-hydrogen) atoms. The topological polar surface area (TPSA) is 44.8 Å². The summed E-state index contributed by atoms with van der Waals surface area (Å²) in [4.78, 5) is 12.1. The fourth-order valence-electron chi connectivity index (χ4n) is 2.42. The lowest BCUT2D eigenvalue weighted by atomic mass is 9.94. The van der Waals surface area contributed by atoms with Gasteiger partial charge >= 0.3 is 0 Å². The molecule has 5 heteroatoms. The first-order valence-corrected chi connectivity index (χ1v) is 7.28. The van der Waals surface area contributed by atoms with Gasteiger partial charge in [-0.2, -0.15) is 0 Å². The number of hydrogen-bond donors (Lipinski definition) is 0. The van der Waals surface area contributed by atoms with Gasteiger partial charge in [-0.05, 0) is 12.0 Å². The summed E-state index contributed by atoms with van der Waals surface area (Å²) in [5.41, 5.74) is 0.309. The first kappa shape index (κ1) is 14.3. The lowest BCUT2D eigenvalue weighted by molar-refractivity contribution is -0.0513. The SMILES string of the molecule is CC(C)C1CC(=O)c2cc(F)c(OCC3COC3)cc2O1. The minimum Gasteiger partial charge on any atom is -0.490 e. The molecule has 0 N–H and O–H groups in total. The van der Waals surface area contributed by atoms with Gasteiger partial charge in [-0.1, -0.05) is 13.8 Å². The predicted octanol–water partition coefficient (Wildman–Crippen LogP) is 2.84. The molecular weight excluding hydrogens is 275 g/mol. The Hall–Kier alpha value is -1.62. The molecule has 0 amide bonds. The molecule has 3 rings (SSSR count). The third-order valence-corrected chi connectivity index (χ3v) is 3.92. The Morgan fingerprint density at radius 3 is 2.76 bits per heavy atom. The predicted molar refractivity (Wildman–Crippen MR) is 74.4 cm³/mol. The van der Waals surface area contributed by atoms with Gasteiger partial charge in [-0.15, -0.1) is 0 Å². The summed E-state index contributed by atoms with van der Waals surface area (Å²) in [6.45, 7) is 5.71. The van der Waals surface area contributed by atoms with E-state index >= 15 is 0 Å². The van der Waals surface area contributed by atoms with Crippen LogP contribution in [0, 0.1) is 17.7 Å². The van der Waals surface area contributed by atoms with Gasteiger partial charge in [0.05, 0.1) is 25.4 Å². The van der Waals surface area contributed by atoms with Crippen LogP contribution in [0.4, 0.5) is 4.39 Å². The van der Waals surface area contributed by atoms with Gasteiger partial charge in [0.2, 0.25) is 0 Å². The van der Waals surface area contributed by atoms with Crippen molar-refractivity contribution in [3.8, 4) is 11.5 Å². The van der Waals surface area contributed by atoms with Crippen molar-refractivity contribution in [2.45, 2.75) is 26.4 Å². The van der Waals surface area contributed by atoms with Crippen LogP contribution in [0.2, 0.25) is 0 Å². The van der Waals surface area contributed by atoms with E-state index in [1.54, 1.807) is 0 Å². The van der Waals surface area contributed by atoms with Crippen LogP contribution < -0.4 is 9.47 Å². The van der Waals surface area contributed by atoms with E-state index in [2.05, 4.69) is 0 Å². The molecule has 0 radical (unpaired) electrons. The van der Waals surface area contributed by atoms with E-state index in [1.807, 2.05) is 13.8 Å². The van der Waals surface area contributed by atoms with Crippen LogP contribution in [0.15, 0.2) is 12.1 Å². The van der Waals surface area contributed by atoms with Gasteiger partial charge in [0, 0.05) is 18.4 Å². The van der Waals surface area contributed by atoms with Crippen molar-refractivity contribution in [1.82, 2.24) is 0 Å². The Morgan fingerprint density at radius 2 is 2.14 bits per heavy atom. The second-order valence-electron chi connectivity index (χ2n) is 6.02. The number of Topliss-reactive ketones (excluding diaryl/α,β-unsaturated/α-hetero) is 1. The summed E-state index contributed by atoms with van der Waals surface area (Å²) in [7, 11) is 0. The summed E-state index contributed by atoms with van der Waals surface area (Å²) >= 11 is 0. The maximum absolute atomic E-state index is 14.0. The molecule has 0 bridgehead atoms. The highest BCUT2D eigenvalue weighted by Gasteiger charge is 2.30. The van der Waals surface area contributed by atoms with Gasteiger partial charge in [0.25, 0.3) is 0 Å². The molecule has 2 heterocycles. The molecule has 0 spiro atoms. The molecular formula is C16H19FO4. The van der Waals surface area contributed by atoms with E-state index in [4.69, 9.17) is 14.2 Å². The summed E-state index contributed by atoms with van der Waals surface area (Å²) in [5.74, 6) is 0.501. The van der Waals surface area contributed by atoms with Crippen LogP contribution in [-0.4, -0.2) is 31.7 Å². The maximum atomic E-state index is 14.0. The smallest absolute Gasteiger partial charge is 0.170 e. The molecule has 1 saturated heterocycles. The Labute approximate surface area is 123 Å². The molecule has 2 aliphatic rings. The van der Waals surface area contributed by atoms with Crippen LogP contribution in [0.25, 0.3) is 0 Å². The number of ketones is 1. The number of ether oxygens (including phenoxy) is 3. The molecule has 1 aromatic carbocycles. The molecule has 4 nitrogen and oxygen atoms in total. The molecule has 114 valence electrons. The van der Waals surface area contributed by atoms with E-state index in [0.29, 0.717) is 43.5 Å². The monoisotopic (exact) mass is 294 g/mol. The summed E-state index contributed by atoms with van der Waals surface area (Å²) < 4.78 is 30.4. The number of benzene rings is 1. The lowest BCUT2D eigenvalue weighted by Crippen LogP contribution is -2.33. The average molecular weight is 294 g/mol. The Kier molecular flexibility index (Phi) is 3.85.